The van der Waals surface area contributed by atoms with E-state index in [1.165, 1.54) is 12.1 Å². The van der Waals surface area contributed by atoms with Crippen molar-refractivity contribution in [2.45, 2.75) is 4.90 Å². The van der Waals surface area contributed by atoms with Gasteiger partial charge in [-0.25, -0.2) is 0 Å². The monoisotopic (exact) mass is 274 g/mol. The Labute approximate surface area is 91.5 Å². The molecular weight excluding hydrogens is 268 g/mol. The smallest absolute Gasteiger partial charge is 0.282 e. The number of rotatable bonds is 1. The van der Waals surface area contributed by atoms with Crippen molar-refractivity contribution in [1.29, 1.82) is 0 Å². The second-order valence-corrected chi connectivity index (χ2v) is 5.62. The maximum absolute atomic E-state index is 10.4. The van der Waals surface area contributed by atoms with E-state index in [9.17, 15) is 8.42 Å². The van der Waals surface area contributed by atoms with Crippen molar-refractivity contribution < 1.29 is 25.9 Å². The summed E-state index contributed by atoms with van der Waals surface area (Å²) in [6, 6.07) is 7.42. The molecule has 0 aliphatic carbocycles. The Hall–Kier alpha value is -0.670. The average molecular weight is 275 g/mol. The number of hydrogen-bond acceptors (Lipinski definition) is 4. The molecule has 1 rings (SSSR count). The summed E-state index contributed by atoms with van der Waals surface area (Å²) in [4.78, 5) is -0.0741. The minimum Gasteiger partial charge on any atom is -0.282 e. The highest BCUT2D eigenvalue weighted by Crippen LogP contribution is 2.05. The largest absolute Gasteiger partial charge is 0.353 e. The van der Waals surface area contributed by atoms with Crippen molar-refractivity contribution >= 4 is 30.1 Å². The van der Waals surface area contributed by atoms with Crippen molar-refractivity contribution in [2.24, 2.45) is 0 Å². The van der Waals surface area contributed by atoms with E-state index in [0.29, 0.717) is 0 Å². The van der Waals surface area contributed by atoms with Gasteiger partial charge in [-0.2, -0.15) is 16.8 Å². The molecule has 9 heteroatoms. The zero-order chi connectivity index (χ0) is 12.1. The van der Waals surface area contributed by atoms with Crippen LogP contribution in [-0.2, 0) is 19.4 Å². The SMILES string of the molecule is O=S(=O)(O)Cl.O=S(=O)(O)c1ccccc1. The van der Waals surface area contributed by atoms with Crippen LogP contribution < -0.4 is 0 Å². The molecule has 0 fully saturated rings. The van der Waals surface area contributed by atoms with Crippen molar-refractivity contribution in [3.8, 4) is 0 Å². The number of benzene rings is 1. The van der Waals surface area contributed by atoms with Gasteiger partial charge in [-0.1, -0.05) is 18.2 Å². The molecule has 0 atom stereocenters. The zero-order valence-corrected chi connectivity index (χ0v) is 9.50. The van der Waals surface area contributed by atoms with Crippen LogP contribution in [0.15, 0.2) is 35.2 Å². The molecule has 0 aliphatic heterocycles. The summed E-state index contributed by atoms with van der Waals surface area (Å²) in [6.07, 6.45) is 0. The summed E-state index contributed by atoms with van der Waals surface area (Å²) in [5.41, 5.74) is 0. The van der Waals surface area contributed by atoms with Crippen molar-refractivity contribution in [3.63, 3.8) is 0 Å². The van der Waals surface area contributed by atoms with Crippen LogP contribution in [0.2, 0.25) is 0 Å². The second kappa shape index (κ2) is 5.42. The van der Waals surface area contributed by atoms with Crippen LogP contribution in [0.3, 0.4) is 0 Å². The van der Waals surface area contributed by atoms with E-state index in [1.54, 1.807) is 18.2 Å². The number of halogens is 1. The molecule has 1 aromatic carbocycles. The molecule has 0 amide bonds. The summed E-state index contributed by atoms with van der Waals surface area (Å²) in [5.74, 6) is 0. The van der Waals surface area contributed by atoms with Gasteiger partial charge in [0.25, 0.3) is 10.1 Å². The van der Waals surface area contributed by atoms with Gasteiger partial charge in [0.05, 0.1) is 4.90 Å². The molecule has 0 saturated heterocycles. The molecule has 1 aromatic rings. The zero-order valence-electron chi connectivity index (χ0n) is 7.11. The Morgan fingerprint density at radius 3 is 1.47 bits per heavy atom. The Bertz CT molecular complexity index is 484. The first-order valence-electron chi connectivity index (χ1n) is 3.30. The third-order valence-electron chi connectivity index (χ3n) is 1.04. The third-order valence-corrected chi connectivity index (χ3v) is 1.91. The van der Waals surface area contributed by atoms with Crippen LogP contribution in [0.25, 0.3) is 0 Å². The van der Waals surface area contributed by atoms with Crippen LogP contribution in [-0.4, -0.2) is 25.9 Å². The summed E-state index contributed by atoms with van der Waals surface area (Å²) < 4.78 is 54.4. The van der Waals surface area contributed by atoms with E-state index in [-0.39, 0.29) is 4.90 Å². The van der Waals surface area contributed by atoms with Crippen LogP contribution in [0, 0.1) is 0 Å². The van der Waals surface area contributed by atoms with E-state index in [2.05, 4.69) is 10.7 Å². The lowest BCUT2D eigenvalue weighted by Crippen LogP contribution is -1.96. The first kappa shape index (κ1) is 14.3. The fourth-order valence-corrected chi connectivity index (χ4v) is 1.09. The molecule has 0 spiro atoms. The van der Waals surface area contributed by atoms with Crippen LogP contribution in [0.4, 0.5) is 0 Å². The molecule has 2 N–H and O–H groups in total. The fraction of sp³-hybridized carbons (Fsp3) is 0. The predicted octanol–water partition coefficient (Wildman–Crippen LogP) is 0.961. The van der Waals surface area contributed by atoms with Crippen molar-refractivity contribution in [2.75, 3.05) is 0 Å². The lowest BCUT2D eigenvalue weighted by molar-refractivity contribution is 0.483. The topological polar surface area (TPSA) is 109 Å². The van der Waals surface area contributed by atoms with E-state index >= 15 is 0 Å². The fourth-order valence-electron chi connectivity index (χ4n) is 0.592. The van der Waals surface area contributed by atoms with E-state index in [4.69, 9.17) is 17.5 Å². The molecule has 0 aliphatic rings. The normalized spacial score (nSPS) is 11.4. The average Bonchev–Trinajstić information content (AvgIpc) is 2.01. The van der Waals surface area contributed by atoms with Crippen molar-refractivity contribution in [1.82, 2.24) is 0 Å². The highest BCUT2D eigenvalue weighted by molar-refractivity contribution is 8.09. The standard InChI is InChI=1S/C6H6O3S.ClHO3S/c7-10(8,9)6-4-2-1-3-5-6;1-5(2,3)4/h1-5H,(H,7,8,9);(H,2,3,4). The van der Waals surface area contributed by atoms with Crippen LogP contribution >= 0.6 is 10.7 Å². The minimum atomic E-state index is -4.19. The first-order valence-corrected chi connectivity index (χ1v) is 7.01. The predicted molar refractivity (Wildman–Crippen MR) is 53.7 cm³/mol. The molecule has 6 nitrogen and oxygen atoms in total. The van der Waals surface area contributed by atoms with Gasteiger partial charge in [0.1, 0.15) is 0 Å². The third kappa shape index (κ3) is 9.63. The lowest BCUT2D eigenvalue weighted by Gasteiger charge is -1.92. The van der Waals surface area contributed by atoms with Gasteiger partial charge < -0.3 is 0 Å². The van der Waals surface area contributed by atoms with Gasteiger partial charge in [0, 0.05) is 10.7 Å². The molecule has 0 saturated carbocycles. The van der Waals surface area contributed by atoms with Gasteiger partial charge >= 0.3 is 9.33 Å². The summed E-state index contributed by atoms with van der Waals surface area (Å²) in [7, 11) is -4.14. The molecule has 0 radical (unpaired) electrons. The summed E-state index contributed by atoms with van der Waals surface area (Å²) >= 11 is 0. The second-order valence-electron chi connectivity index (χ2n) is 2.20. The lowest BCUT2D eigenvalue weighted by atomic mass is 10.4. The highest BCUT2D eigenvalue weighted by Gasteiger charge is 2.05. The Kier molecular flexibility index (Phi) is 5.18. The molecule has 0 unspecified atom stereocenters. The van der Waals surface area contributed by atoms with Gasteiger partial charge in [0.15, 0.2) is 0 Å². The van der Waals surface area contributed by atoms with Gasteiger partial charge in [0.2, 0.25) is 0 Å². The van der Waals surface area contributed by atoms with Gasteiger partial charge in [-0.05, 0) is 12.1 Å². The maximum atomic E-state index is 10.4. The van der Waals surface area contributed by atoms with Gasteiger partial charge in [-0.3, -0.25) is 9.11 Å². The number of hydrogen-bond donors (Lipinski definition) is 2. The van der Waals surface area contributed by atoms with E-state index in [1.807, 2.05) is 0 Å². The molecule has 86 valence electrons. The van der Waals surface area contributed by atoms with Crippen LogP contribution in [0.5, 0.6) is 0 Å². The Balaban J connectivity index is 0.000000336. The summed E-state index contributed by atoms with van der Waals surface area (Å²) in [5, 5.41) is 0. The molecule has 0 bridgehead atoms. The quantitative estimate of drug-likeness (QED) is 0.583. The molecule has 15 heavy (non-hydrogen) atoms. The molecule has 0 aromatic heterocycles. The molecule has 0 heterocycles. The van der Waals surface area contributed by atoms with E-state index < -0.39 is 19.4 Å². The molecular formula is C6H7ClO6S2. The van der Waals surface area contributed by atoms with Crippen molar-refractivity contribution in [3.05, 3.63) is 30.3 Å². The highest BCUT2D eigenvalue weighted by atomic mass is 35.7. The van der Waals surface area contributed by atoms with Gasteiger partial charge in [-0.15, -0.1) is 0 Å². The van der Waals surface area contributed by atoms with Crippen LogP contribution in [0.1, 0.15) is 0 Å². The minimum absolute atomic E-state index is 0.0741. The maximum Gasteiger partial charge on any atom is 0.353 e. The Morgan fingerprint density at radius 2 is 1.27 bits per heavy atom. The first-order chi connectivity index (χ1) is 6.61. The van der Waals surface area contributed by atoms with E-state index in [0.717, 1.165) is 0 Å². The summed E-state index contributed by atoms with van der Waals surface area (Å²) in [6.45, 7) is 0. The Morgan fingerprint density at radius 1 is 0.933 bits per heavy atom.